The number of amides is 1. The largest absolute Gasteiger partial charge is 0.308 e. The Kier molecular flexibility index (Phi) is 6.43. The highest BCUT2D eigenvalue weighted by Crippen LogP contribution is 2.38. The number of carbonyl (C=O) groups is 1. The van der Waals surface area contributed by atoms with Crippen molar-refractivity contribution in [3.8, 4) is 0 Å². The van der Waals surface area contributed by atoms with E-state index in [1.165, 1.54) is 5.01 Å². The van der Waals surface area contributed by atoms with E-state index in [1.807, 2.05) is 44.4 Å². The second-order valence-electron chi connectivity index (χ2n) is 8.56. The Hall–Kier alpha value is -2.64. The molecule has 2 aromatic rings. The molecule has 7 heteroatoms. The van der Waals surface area contributed by atoms with E-state index in [0.29, 0.717) is 18.7 Å². The average Bonchev–Trinajstić information content (AvgIpc) is 3.50. The van der Waals surface area contributed by atoms with Crippen LogP contribution in [0.1, 0.15) is 36.4 Å². The standard InChI is InChI=1S/C24H28F2N4O/c1-29(2)13-12-27-23(17-8-9-17)24(31)30-22(16-6-4-3-5-7-16)15-21(28-30)19-14-18(25)10-11-20(19)26/h3-7,10-11,14,17,22-23,27H,8-9,12-13,15H2,1-2H3. The highest BCUT2D eigenvalue weighted by molar-refractivity contribution is 6.03. The van der Waals surface area contributed by atoms with Gasteiger partial charge in [0.2, 0.25) is 0 Å². The summed E-state index contributed by atoms with van der Waals surface area (Å²) in [5, 5.41) is 9.42. The van der Waals surface area contributed by atoms with Crippen LogP contribution in [-0.2, 0) is 4.79 Å². The molecule has 4 rings (SSSR count). The zero-order chi connectivity index (χ0) is 22.0. The molecule has 0 spiro atoms. The third kappa shape index (κ3) is 4.99. The molecule has 0 bridgehead atoms. The number of hydrogen-bond donors (Lipinski definition) is 1. The Morgan fingerprint density at radius 1 is 1.19 bits per heavy atom. The van der Waals surface area contributed by atoms with Crippen LogP contribution in [0.4, 0.5) is 8.78 Å². The zero-order valence-electron chi connectivity index (χ0n) is 17.9. The molecule has 1 heterocycles. The monoisotopic (exact) mass is 426 g/mol. The molecule has 2 unspecified atom stereocenters. The number of halogens is 2. The Bertz CT molecular complexity index is 959. The van der Waals surface area contributed by atoms with Gasteiger partial charge in [-0.1, -0.05) is 30.3 Å². The maximum atomic E-state index is 14.5. The van der Waals surface area contributed by atoms with Crippen molar-refractivity contribution >= 4 is 11.6 Å². The van der Waals surface area contributed by atoms with Crippen LogP contribution in [0.15, 0.2) is 53.6 Å². The minimum absolute atomic E-state index is 0.109. The molecule has 2 atom stereocenters. The molecule has 1 saturated carbocycles. The molecule has 164 valence electrons. The van der Waals surface area contributed by atoms with Gasteiger partial charge in [-0.05, 0) is 56.6 Å². The lowest BCUT2D eigenvalue weighted by molar-refractivity contribution is -0.135. The Balaban J connectivity index is 1.64. The zero-order valence-corrected chi connectivity index (χ0v) is 17.9. The third-order valence-corrected chi connectivity index (χ3v) is 5.84. The molecule has 2 aliphatic rings. The van der Waals surface area contributed by atoms with Gasteiger partial charge in [0.05, 0.1) is 17.8 Å². The van der Waals surface area contributed by atoms with Gasteiger partial charge in [-0.15, -0.1) is 0 Å². The van der Waals surface area contributed by atoms with Crippen molar-refractivity contribution in [2.45, 2.75) is 31.3 Å². The van der Waals surface area contributed by atoms with Gasteiger partial charge < -0.3 is 10.2 Å². The lowest BCUT2D eigenvalue weighted by atomic mass is 9.97. The summed E-state index contributed by atoms with van der Waals surface area (Å²) in [5.41, 5.74) is 1.43. The number of hydrogen-bond acceptors (Lipinski definition) is 4. The second kappa shape index (κ2) is 9.24. The van der Waals surface area contributed by atoms with Gasteiger partial charge in [0.25, 0.3) is 5.91 Å². The smallest absolute Gasteiger partial charge is 0.260 e. The molecular weight excluding hydrogens is 398 g/mol. The second-order valence-corrected chi connectivity index (χ2v) is 8.56. The molecule has 0 aromatic heterocycles. The topological polar surface area (TPSA) is 47.9 Å². The summed E-state index contributed by atoms with van der Waals surface area (Å²) in [7, 11) is 3.98. The van der Waals surface area contributed by atoms with E-state index in [9.17, 15) is 13.6 Å². The van der Waals surface area contributed by atoms with Crippen molar-refractivity contribution in [1.82, 2.24) is 15.2 Å². The molecular formula is C24H28F2N4O. The van der Waals surface area contributed by atoms with Gasteiger partial charge in [0.15, 0.2) is 0 Å². The fraction of sp³-hybridized carbons (Fsp3) is 0.417. The van der Waals surface area contributed by atoms with Gasteiger partial charge in [-0.25, -0.2) is 13.8 Å². The van der Waals surface area contributed by atoms with Gasteiger partial charge in [0.1, 0.15) is 11.6 Å². The number of likely N-dealkylation sites (N-methyl/N-ethyl adjacent to an activating group) is 1. The molecule has 2 aromatic carbocycles. The summed E-state index contributed by atoms with van der Waals surface area (Å²) in [4.78, 5) is 15.7. The number of hydrazone groups is 1. The first-order valence-corrected chi connectivity index (χ1v) is 10.7. The highest BCUT2D eigenvalue weighted by Gasteiger charge is 2.42. The normalized spacial score (nSPS) is 19.6. The van der Waals surface area contributed by atoms with Crippen LogP contribution in [0.3, 0.4) is 0 Å². The minimum Gasteiger partial charge on any atom is -0.308 e. The van der Waals surface area contributed by atoms with E-state index in [1.54, 1.807) is 0 Å². The van der Waals surface area contributed by atoms with Crippen LogP contribution in [0.2, 0.25) is 0 Å². The number of benzene rings is 2. The predicted molar refractivity (Wildman–Crippen MR) is 117 cm³/mol. The fourth-order valence-electron chi connectivity index (χ4n) is 4.00. The molecule has 0 saturated heterocycles. The summed E-state index contributed by atoms with van der Waals surface area (Å²) < 4.78 is 28.3. The molecule has 5 nitrogen and oxygen atoms in total. The summed E-state index contributed by atoms with van der Waals surface area (Å²) in [6.45, 7) is 1.51. The maximum Gasteiger partial charge on any atom is 0.260 e. The van der Waals surface area contributed by atoms with Gasteiger partial charge in [-0.3, -0.25) is 4.79 Å². The first-order valence-electron chi connectivity index (χ1n) is 10.7. The number of rotatable bonds is 8. The molecule has 1 amide bonds. The van der Waals surface area contributed by atoms with Crippen molar-refractivity contribution in [3.05, 3.63) is 71.3 Å². The van der Waals surface area contributed by atoms with Crippen LogP contribution in [0.25, 0.3) is 0 Å². The summed E-state index contributed by atoms with van der Waals surface area (Å²) in [6.07, 6.45) is 2.35. The van der Waals surface area contributed by atoms with Gasteiger partial charge in [-0.2, -0.15) is 5.10 Å². The van der Waals surface area contributed by atoms with Crippen molar-refractivity contribution in [2.75, 3.05) is 27.2 Å². The number of nitrogens with zero attached hydrogens (tertiary/aromatic N) is 3. The van der Waals surface area contributed by atoms with E-state index < -0.39 is 11.6 Å². The maximum absolute atomic E-state index is 14.5. The van der Waals surface area contributed by atoms with Crippen molar-refractivity contribution < 1.29 is 13.6 Å². The SMILES string of the molecule is CN(C)CCNC(C(=O)N1N=C(c2cc(F)ccc2F)CC1c1ccccc1)C1CC1. The first kappa shape index (κ1) is 21.6. The minimum atomic E-state index is -0.538. The van der Waals surface area contributed by atoms with Crippen LogP contribution < -0.4 is 5.32 Å². The van der Waals surface area contributed by atoms with Gasteiger partial charge in [0, 0.05) is 25.1 Å². The van der Waals surface area contributed by atoms with Crippen molar-refractivity contribution in [3.63, 3.8) is 0 Å². The first-order chi connectivity index (χ1) is 14.9. The number of carbonyl (C=O) groups excluding carboxylic acids is 1. The molecule has 31 heavy (non-hydrogen) atoms. The van der Waals surface area contributed by atoms with E-state index in [-0.39, 0.29) is 29.5 Å². The van der Waals surface area contributed by atoms with Crippen molar-refractivity contribution in [2.24, 2.45) is 11.0 Å². The predicted octanol–water partition coefficient (Wildman–Crippen LogP) is 3.57. The Morgan fingerprint density at radius 3 is 2.61 bits per heavy atom. The summed E-state index contributed by atoms with van der Waals surface area (Å²) in [5.74, 6) is -0.886. The van der Waals surface area contributed by atoms with Crippen LogP contribution in [0, 0.1) is 17.6 Å². The van der Waals surface area contributed by atoms with Crippen LogP contribution in [-0.4, -0.2) is 54.8 Å². The quantitative estimate of drug-likeness (QED) is 0.702. The lowest BCUT2D eigenvalue weighted by Crippen LogP contribution is -2.47. The highest BCUT2D eigenvalue weighted by atomic mass is 19.1. The number of nitrogens with one attached hydrogen (secondary N) is 1. The third-order valence-electron chi connectivity index (χ3n) is 5.84. The summed E-state index contributed by atoms with van der Waals surface area (Å²) >= 11 is 0. The van der Waals surface area contributed by atoms with E-state index in [4.69, 9.17) is 0 Å². The van der Waals surface area contributed by atoms with Crippen LogP contribution >= 0.6 is 0 Å². The molecule has 0 radical (unpaired) electrons. The van der Waals surface area contributed by atoms with Crippen molar-refractivity contribution in [1.29, 1.82) is 0 Å². The molecule has 1 aliphatic heterocycles. The lowest BCUT2D eigenvalue weighted by Gasteiger charge is -2.27. The Morgan fingerprint density at radius 2 is 1.94 bits per heavy atom. The molecule has 1 N–H and O–H groups in total. The van der Waals surface area contributed by atoms with Gasteiger partial charge >= 0.3 is 0 Å². The molecule has 1 aliphatic carbocycles. The summed E-state index contributed by atoms with van der Waals surface area (Å²) in [6, 6.07) is 12.3. The Labute approximate surface area is 181 Å². The average molecular weight is 427 g/mol. The molecule has 1 fully saturated rings. The van der Waals surface area contributed by atoms with E-state index >= 15 is 0 Å². The van der Waals surface area contributed by atoms with Crippen LogP contribution in [0.5, 0.6) is 0 Å². The fourth-order valence-corrected chi connectivity index (χ4v) is 4.00. The van der Waals surface area contributed by atoms with E-state index in [2.05, 4.69) is 15.3 Å². The van der Waals surface area contributed by atoms with E-state index in [0.717, 1.165) is 43.1 Å².